The zero-order valence-corrected chi connectivity index (χ0v) is 18.1. The van der Waals surface area contributed by atoms with E-state index in [9.17, 15) is 4.79 Å². The molecule has 0 saturated carbocycles. The number of benzene rings is 3. The van der Waals surface area contributed by atoms with E-state index < -0.39 is 5.91 Å². The normalized spacial score (nSPS) is 11.2. The topological polar surface area (TPSA) is 92.2 Å². The highest BCUT2D eigenvalue weighted by molar-refractivity contribution is 6.34. The molecule has 1 amide bonds. The molecule has 0 atom stereocenters. The second-order valence-electron chi connectivity index (χ2n) is 7.61. The van der Waals surface area contributed by atoms with Crippen LogP contribution in [-0.4, -0.2) is 25.6 Å². The molecule has 7 nitrogen and oxygen atoms in total. The minimum absolute atomic E-state index is 0.269. The highest BCUT2D eigenvalue weighted by Crippen LogP contribution is 2.34. The van der Waals surface area contributed by atoms with Gasteiger partial charge in [-0.05, 0) is 60.5 Å². The Morgan fingerprint density at radius 1 is 1.16 bits per heavy atom. The molecule has 32 heavy (non-hydrogen) atoms. The van der Waals surface area contributed by atoms with E-state index in [1.165, 1.54) is 0 Å². The third kappa shape index (κ3) is 3.47. The Hall–Kier alpha value is -3.81. The number of nitrogens with one attached hydrogen (secondary N) is 2. The number of imidazole rings is 1. The summed E-state index contributed by atoms with van der Waals surface area (Å²) in [6.45, 7) is 1.77. The van der Waals surface area contributed by atoms with Gasteiger partial charge in [-0.1, -0.05) is 23.7 Å². The van der Waals surface area contributed by atoms with Crippen molar-refractivity contribution in [1.82, 2.24) is 20.0 Å². The van der Waals surface area contributed by atoms with Gasteiger partial charge in [0.05, 0.1) is 16.1 Å². The van der Waals surface area contributed by atoms with E-state index in [1.54, 1.807) is 30.6 Å². The maximum absolute atomic E-state index is 11.8. The van der Waals surface area contributed by atoms with Gasteiger partial charge in [-0.3, -0.25) is 10.0 Å². The van der Waals surface area contributed by atoms with E-state index in [0.717, 1.165) is 27.5 Å². The Bertz CT molecular complexity index is 1500. The lowest BCUT2D eigenvalue weighted by molar-refractivity contribution is 0.0705. The molecule has 0 spiro atoms. The molecule has 0 aliphatic heterocycles. The van der Waals surface area contributed by atoms with Crippen LogP contribution in [0.15, 0.2) is 60.8 Å². The number of H-pyrrole nitrogens is 1. The number of aromatic amines is 1. The van der Waals surface area contributed by atoms with Gasteiger partial charge in [0.25, 0.3) is 11.9 Å². The summed E-state index contributed by atoms with van der Waals surface area (Å²) < 4.78 is 7.90. The fraction of sp³-hybridized carbons (Fsp3) is 0.0833. The average Bonchev–Trinajstić information content (AvgIpc) is 3.35. The number of hydrogen-bond acceptors (Lipinski definition) is 4. The zero-order valence-electron chi connectivity index (χ0n) is 17.3. The number of rotatable bonds is 4. The van der Waals surface area contributed by atoms with Crippen LogP contribution in [0.4, 0.5) is 0 Å². The van der Waals surface area contributed by atoms with E-state index in [-0.39, 0.29) is 6.01 Å². The monoisotopic (exact) mass is 446 g/mol. The number of hydroxylamine groups is 1. The number of amides is 1. The van der Waals surface area contributed by atoms with E-state index in [1.807, 2.05) is 31.4 Å². The molecule has 0 saturated heterocycles. The standard InChI is InChI=1S/C24H19ClN4O3/c1-13-3-5-16(10-17(13)23(30)28-31)32-24-26-20-11-18(19(25)12-21(20)27-24)14-4-6-22-15(9-14)7-8-29(22)2/h3-12,31H,1-2H3,(H,26,27)(H,28,30). The summed E-state index contributed by atoms with van der Waals surface area (Å²) in [5.41, 5.74) is 7.11. The van der Waals surface area contributed by atoms with Gasteiger partial charge in [0, 0.05) is 35.3 Å². The summed E-state index contributed by atoms with van der Waals surface area (Å²) in [7, 11) is 2.01. The Balaban J connectivity index is 1.50. The highest BCUT2D eigenvalue weighted by atomic mass is 35.5. The van der Waals surface area contributed by atoms with Crippen molar-refractivity contribution in [3.8, 4) is 22.9 Å². The molecule has 5 rings (SSSR count). The third-order valence-corrected chi connectivity index (χ3v) is 5.83. The lowest BCUT2D eigenvalue weighted by Crippen LogP contribution is -2.19. The minimum Gasteiger partial charge on any atom is -0.426 e. The number of aryl methyl sites for hydroxylation is 2. The molecular formula is C24H19ClN4O3. The SMILES string of the molecule is Cc1ccc(Oc2nc3cc(-c4ccc5c(ccn5C)c4)c(Cl)cc3[nH]2)cc1C(=O)NO. The quantitative estimate of drug-likeness (QED) is 0.247. The van der Waals surface area contributed by atoms with E-state index in [0.29, 0.717) is 27.4 Å². The van der Waals surface area contributed by atoms with Crippen LogP contribution in [0.1, 0.15) is 15.9 Å². The maximum Gasteiger partial charge on any atom is 0.300 e. The van der Waals surface area contributed by atoms with Gasteiger partial charge in [0.1, 0.15) is 5.75 Å². The first-order chi connectivity index (χ1) is 15.4. The average molecular weight is 447 g/mol. The molecule has 8 heteroatoms. The molecule has 3 N–H and O–H groups in total. The molecule has 160 valence electrons. The molecule has 2 aromatic heterocycles. The van der Waals surface area contributed by atoms with E-state index in [2.05, 4.69) is 32.7 Å². The van der Waals surface area contributed by atoms with Gasteiger partial charge < -0.3 is 14.3 Å². The van der Waals surface area contributed by atoms with Crippen molar-refractivity contribution in [3.05, 3.63) is 76.9 Å². The predicted octanol–water partition coefficient (Wildman–Crippen LogP) is 5.59. The zero-order chi connectivity index (χ0) is 22.4. The van der Waals surface area contributed by atoms with Crippen LogP contribution in [0.25, 0.3) is 33.1 Å². The summed E-state index contributed by atoms with van der Waals surface area (Å²) in [5.74, 6) is -0.196. The van der Waals surface area contributed by atoms with Gasteiger partial charge in [-0.15, -0.1) is 0 Å². The van der Waals surface area contributed by atoms with Crippen molar-refractivity contribution in [1.29, 1.82) is 0 Å². The van der Waals surface area contributed by atoms with Crippen LogP contribution in [-0.2, 0) is 7.05 Å². The summed E-state index contributed by atoms with van der Waals surface area (Å²) >= 11 is 6.59. The second kappa shape index (κ2) is 7.71. The number of hydrogen-bond donors (Lipinski definition) is 3. The number of carbonyl (C=O) groups is 1. The van der Waals surface area contributed by atoms with Crippen LogP contribution in [0, 0.1) is 6.92 Å². The van der Waals surface area contributed by atoms with Gasteiger partial charge in [0.2, 0.25) is 0 Å². The van der Waals surface area contributed by atoms with Gasteiger partial charge >= 0.3 is 0 Å². The number of ether oxygens (including phenoxy) is 1. The van der Waals surface area contributed by atoms with E-state index >= 15 is 0 Å². The van der Waals surface area contributed by atoms with Crippen molar-refractivity contribution < 1.29 is 14.7 Å². The molecule has 0 fully saturated rings. The van der Waals surface area contributed by atoms with Crippen LogP contribution >= 0.6 is 11.6 Å². The number of fused-ring (bicyclic) bond motifs is 2. The van der Waals surface area contributed by atoms with Crippen molar-refractivity contribution in [3.63, 3.8) is 0 Å². The van der Waals surface area contributed by atoms with E-state index in [4.69, 9.17) is 21.5 Å². The first-order valence-corrected chi connectivity index (χ1v) is 10.3. The summed E-state index contributed by atoms with van der Waals surface area (Å²) in [4.78, 5) is 19.4. The highest BCUT2D eigenvalue weighted by Gasteiger charge is 2.14. The van der Waals surface area contributed by atoms with Gasteiger partial charge in [0.15, 0.2) is 0 Å². The Labute approximate surface area is 188 Å². The maximum atomic E-state index is 11.8. The molecule has 5 aromatic rings. The van der Waals surface area contributed by atoms with Gasteiger partial charge in [-0.25, -0.2) is 5.48 Å². The molecule has 0 unspecified atom stereocenters. The molecule has 0 aliphatic rings. The lowest BCUT2D eigenvalue weighted by atomic mass is 10.0. The van der Waals surface area contributed by atoms with Crippen molar-refractivity contribution in [2.45, 2.75) is 6.92 Å². The largest absolute Gasteiger partial charge is 0.426 e. The van der Waals surface area contributed by atoms with Crippen LogP contribution in [0.3, 0.4) is 0 Å². The molecule has 0 bridgehead atoms. The van der Waals surface area contributed by atoms with Gasteiger partial charge in [-0.2, -0.15) is 4.98 Å². The fourth-order valence-corrected chi connectivity index (χ4v) is 4.08. The molecule has 0 radical (unpaired) electrons. The van der Waals surface area contributed by atoms with Crippen LogP contribution in [0.2, 0.25) is 5.02 Å². The Morgan fingerprint density at radius 3 is 2.81 bits per heavy atom. The molecular weight excluding hydrogens is 428 g/mol. The van der Waals surface area contributed by atoms with Crippen molar-refractivity contribution in [2.24, 2.45) is 7.05 Å². The fourth-order valence-electron chi connectivity index (χ4n) is 3.81. The number of nitrogens with zero attached hydrogens (tertiary/aromatic N) is 2. The molecule has 0 aliphatic carbocycles. The predicted molar refractivity (Wildman–Crippen MR) is 124 cm³/mol. The first kappa shape index (κ1) is 20.1. The Kier molecular flexibility index (Phi) is 4.84. The number of aromatic nitrogens is 3. The van der Waals surface area contributed by atoms with Crippen LogP contribution < -0.4 is 10.2 Å². The Morgan fingerprint density at radius 2 is 2.00 bits per heavy atom. The summed E-state index contributed by atoms with van der Waals surface area (Å²) in [6, 6.07) is 17.3. The number of carbonyl (C=O) groups excluding carboxylic acids is 1. The third-order valence-electron chi connectivity index (χ3n) is 5.51. The molecule has 3 aromatic carbocycles. The smallest absolute Gasteiger partial charge is 0.300 e. The molecule has 2 heterocycles. The van der Waals surface area contributed by atoms with Crippen molar-refractivity contribution in [2.75, 3.05) is 0 Å². The first-order valence-electron chi connectivity index (χ1n) is 9.90. The summed E-state index contributed by atoms with van der Waals surface area (Å²) in [5, 5.41) is 10.7. The number of halogens is 1. The second-order valence-corrected chi connectivity index (χ2v) is 8.02. The lowest BCUT2D eigenvalue weighted by Gasteiger charge is -2.07. The summed E-state index contributed by atoms with van der Waals surface area (Å²) in [6.07, 6.45) is 2.03. The minimum atomic E-state index is -0.607. The van der Waals surface area contributed by atoms with Crippen LogP contribution in [0.5, 0.6) is 11.8 Å². The van der Waals surface area contributed by atoms with Crippen molar-refractivity contribution >= 4 is 39.4 Å².